The zero-order valence-corrected chi connectivity index (χ0v) is 17.3. The Labute approximate surface area is 180 Å². The maximum absolute atomic E-state index is 12.9. The van der Waals surface area contributed by atoms with Crippen molar-refractivity contribution in [1.29, 1.82) is 0 Å². The molecule has 1 saturated heterocycles. The van der Waals surface area contributed by atoms with E-state index in [0.29, 0.717) is 36.0 Å². The van der Waals surface area contributed by atoms with Crippen molar-refractivity contribution >= 4 is 11.8 Å². The van der Waals surface area contributed by atoms with Gasteiger partial charge in [-0.1, -0.05) is 35.5 Å². The zero-order chi connectivity index (χ0) is 21.6. The molecular weight excluding hydrogens is 396 g/mol. The van der Waals surface area contributed by atoms with E-state index < -0.39 is 0 Å². The predicted octanol–water partition coefficient (Wildman–Crippen LogP) is 3.05. The maximum Gasteiger partial charge on any atom is 0.251 e. The van der Waals surface area contributed by atoms with Crippen LogP contribution in [0.25, 0.3) is 0 Å². The molecule has 1 fully saturated rings. The van der Waals surface area contributed by atoms with E-state index in [4.69, 9.17) is 9.26 Å². The molecule has 1 atom stereocenters. The van der Waals surface area contributed by atoms with Crippen LogP contribution in [0.15, 0.2) is 59.1 Å². The van der Waals surface area contributed by atoms with E-state index in [2.05, 4.69) is 15.5 Å². The van der Waals surface area contributed by atoms with Gasteiger partial charge in [0, 0.05) is 32.0 Å². The standard InChI is InChI=1S/C23H24N4O4/c1-16-24-21(26-31-16)15-30-19-11-9-18(10-12-19)23(29)25-20(17-6-3-2-4-7-17)14-27-13-5-8-22(27)28/h2-4,6-7,9-12,20H,5,8,13-15H2,1H3,(H,25,29)/t20-/m0/s1. The number of aromatic nitrogens is 2. The van der Waals surface area contributed by atoms with Gasteiger partial charge in [-0.15, -0.1) is 0 Å². The fourth-order valence-corrected chi connectivity index (χ4v) is 3.53. The predicted molar refractivity (Wildman–Crippen MR) is 112 cm³/mol. The second-order valence-corrected chi connectivity index (χ2v) is 7.42. The maximum atomic E-state index is 12.9. The third-order valence-corrected chi connectivity index (χ3v) is 5.14. The molecule has 3 aromatic rings. The molecule has 4 rings (SSSR count). The summed E-state index contributed by atoms with van der Waals surface area (Å²) in [6.07, 6.45) is 1.43. The molecule has 0 bridgehead atoms. The van der Waals surface area contributed by atoms with Crippen molar-refractivity contribution in [1.82, 2.24) is 20.4 Å². The van der Waals surface area contributed by atoms with Gasteiger partial charge in [-0.2, -0.15) is 4.98 Å². The third-order valence-electron chi connectivity index (χ3n) is 5.14. The van der Waals surface area contributed by atoms with E-state index in [9.17, 15) is 9.59 Å². The molecule has 0 unspecified atom stereocenters. The van der Waals surface area contributed by atoms with Crippen LogP contribution in [0.4, 0.5) is 0 Å². The second-order valence-electron chi connectivity index (χ2n) is 7.42. The van der Waals surface area contributed by atoms with Crippen molar-refractivity contribution in [3.05, 3.63) is 77.4 Å². The molecule has 1 aliphatic rings. The fraction of sp³-hybridized carbons (Fsp3) is 0.304. The SMILES string of the molecule is Cc1nc(COc2ccc(C(=O)N[C@@H](CN3CCCC3=O)c3ccccc3)cc2)no1. The Kier molecular flexibility index (Phi) is 6.26. The number of nitrogens with one attached hydrogen (secondary N) is 1. The monoisotopic (exact) mass is 420 g/mol. The van der Waals surface area contributed by atoms with Crippen LogP contribution in [0.5, 0.6) is 5.75 Å². The first kappa shape index (κ1) is 20.6. The number of hydrogen-bond acceptors (Lipinski definition) is 6. The molecule has 0 spiro atoms. The summed E-state index contributed by atoms with van der Waals surface area (Å²) < 4.78 is 10.5. The van der Waals surface area contributed by atoms with Crippen molar-refractivity contribution in [3.8, 4) is 5.75 Å². The lowest BCUT2D eigenvalue weighted by Gasteiger charge is -2.25. The van der Waals surface area contributed by atoms with Gasteiger partial charge in [-0.3, -0.25) is 9.59 Å². The van der Waals surface area contributed by atoms with Gasteiger partial charge in [0.2, 0.25) is 17.6 Å². The Morgan fingerprint density at radius 3 is 2.61 bits per heavy atom. The summed E-state index contributed by atoms with van der Waals surface area (Å²) in [6.45, 7) is 3.08. The molecule has 2 aromatic carbocycles. The van der Waals surface area contributed by atoms with Gasteiger partial charge in [0.1, 0.15) is 5.75 Å². The lowest BCUT2D eigenvalue weighted by Crippen LogP contribution is -2.38. The minimum Gasteiger partial charge on any atom is -0.485 e. The van der Waals surface area contributed by atoms with Gasteiger partial charge in [0.05, 0.1) is 6.04 Å². The second kappa shape index (κ2) is 9.42. The number of carbonyl (C=O) groups excluding carboxylic acids is 2. The lowest BCUT2D eigenvalue weighted by atomic mass is 10.1. The molecule has 31 heavy (non-hydrogen) atoms. The molecule has 1 aromatic heterocycles. The van der Waals surface area contributed by atoms with Gasteiger partial charge < -0.3 is 19.5 Å². The average molecular weight is 420 g/mol. The largest absolute Gasteiger partial charge is 0.485 e. The van der Waals surface area contributed by atoms with Crippen LogP contribution in [0.3, 0.4) is 0 Å². The van der Waals surface area contributed by atoms with E-state index >= 15 is 0 Å². The Morgan fingerprint density at radius 1 is 1.19 bits per heavy atom. The smallest absolute Gasteiger partial charge is 0.251 e. The summed E-state index contributed by atoms with van der Waals surface area (Å²) >= 11 is 0. The average Bonchev–Trinajstić information content (AvgIpc) is 3.40. The quantitative estimate of drug-likeness (QED) is 0.602. The number of hydrogen-bond donors (Lipinski definition) is 1. The molecule has 0 saturated carbocycles. The summed E-state index contributed by atoms with van der Waals surface area (Å²) in [5, 5.41) is 6.85. The summed E-state index contributed by atoms with van der Waals surface area (Å²) in [6, 6.07) is 16.3. The van der Waals surface area contributed by atoms with Crippen molar-refractivity contribution in [2.45, 2.75) is 32.4 Å². The first-order valence-electron chi connectivity index (χ1n) is 10.2. The van der Waals surface area contributed by atoms with Crippen LogP contribution in [0.2, 0.25) is 0 Å². The van der Waals surface area contributed by atoms with Crippen molar-refractivity contribution in [2.24, 2.45) is 0 Å². The van der Waals surface area contributed by atoms with Gasteiger partial charge in [0.25, 0.3) is 5.91 Å². The number of likely N-dealkylation sites (tertiary alicyclic amines) is 1. The Hall–Kier alpha value is -3.68. The van der Waals surface area contributed by atoms with Crippen LogP contribution in [0.1, 0.15) is 46.5 Å². The number of ether oxygens (including phenoxy) is 1. The van der Waals surface area contributed by atoms with Gasteiger partial charge in [-0.25, -0.2) is 0 Å². The molecule has 160 valence electrons. The van der Waals surface area contributed by atoms with Gasteiger partial charge in [-0.05, 0) is 36.2 Å². The summed E-state index contributed by atoms with van der Waals surface area (Å²) in [5.41, 5.74) is 1.47. The molecule has 8 heteroatoms. The Morgan fingerprint density at radius 2 is 1.97 bits per heavy atom. The van der Waals surface area contributed by atoms with E-state index in [1.807, 2.05) is 35.2 Å². The van der Waals surface area contributed by atoms with Gasteiger partial charge >= 0.3 is 0 Å². The third kappa shape index (κ3) is 5.28. The van der Waals surface area contributed by atoms with E-state index in [0.717, 1.165) is 18.5 Å². The minimum absolute atomic E-state index is 0.133. The molecule has 1 aliphatic heterocycles. The normalized spacial score (nSPS) is 14.5. The molecule has 2 heterocycles. The number of nitrogens with zero attached hydrogens (tertiary/aromatic N) is 3. The molecule has 0 aliphatic carbocycles. The molecular formula is C23H24N4O4. The van der Waals surface area contributed by atoms with E-state index in [-0.39, 0.29) is 24.5 Å². The number of aryl methyl sites for hydroxylation is 1. The number of carbonyl (C=O) groups is 2. The molecule has 1 N–H and O–H groups in total. The Bertz CT molecular complexity index is 1030. The van der Waals surface area contributed by atoms with E-state index in [1.165, 1.54) is 0 Å². The van der Waals surface area contributed by atoms with Crippen LogP contribution < -0.4 is 10.1 Å². The van der Waals surface area contributed by atoms with Crippen molar-refractivity contribution < 1.29 is 18.8 Å². The number of benzene rings is 2. The number of amides is 2. The minimum atomic E-state index is -0.284. The molecule has 2 amide bonds. The highest BCUT2D eigenvalue weighted by Crippen LogP contribution is 2.20. The molecule has 8 nitrogen and oxygen atoms in total. The summed E-state index contributed by atoms with van der Waals surface area (Å²) in [5.74, 6) is 1.46. The Balaban J connectivity index is 1.40. The van der Waals surface area contributed by atoms with Gasteiger partial charge in [0.15, 0.2) is 6.61 Å². The lowest BCUT2D eigenvalue weighted by molar-refractivity contribution is -0.128. The zero-order valence-electron chi connectivity index (χ0n) is 17.3. The summed E-state index contributed by atoms with van der Waals surface area (Å²) in [4.78, 5) is 30.9. The highest BCUT2D eigenvalue weighted by molar-refractivity contribution is 5.94. The highest BCUT2D eigenvalue weighted by Gasteiger charge is 2.25. The topological polar surface area (TPSA) is 97.6 Å². The van der Waals surface area contributed by atoms with Crippen molar-refractivity contribution in [2.75, 3.05) is 13.1 Å². The van der Waals surface area contributed by atoms with E-state index in [1.54, 1.807) is 31.2 Å². The van der Waals surface area contributed by atoms with Crippen LogP contribution in [0, 0.1) is 6.92 Å². The van der Waals surface area contributed by atoms with Crippen LogP contribution in [-0.4, -0.2) is 39.9 Å². The first-order chi connectivity index (χ1) is 15.1. The first-order valence-corrected chi connectivity index (χ1v) is 10.2. The molecule has 0 radical (unpaired) electrons. The summed E-state index contributed by atoms with van der Waals surface area (Å²) in [7, 11) is 0. The number of rotatable bonds is 8. The highest BCUT2D eigenvalue weighted by atomic mass is 16.5. The fourth-order valence-electron chi connectivity index (χ4n) is 3.53. The van der Waals surface area contributed by atoms with Crippen LogP contribution >= 0.6 is 0 Å². The van der Waals surface area contributed by atoms with Crippen molar-refractivity contribution in [3.63, 3.8) is 0 Å². The van der Waals surface area contributed by atoms with Crippen LogP contribution in [-0.2, 0) is 11.4 Å².